The summed E-state index contributed by atoms with van der Waals surface area (Å²) in [7, 11) is 0. The van der Waals surface area contributed by atoms with Crippen LogP contribution in [0.5, 0.6) is 11.5 Å². The Balaban J connectivity index is 1.43. The van der Waals surface area contributed by atoms with Crippen molar-refractivity contribution in [3.63, 3.8) is 0 Å². The monoisotopic (exact) mass is 448 g/mol. The third-order valence-electron chi connectivity index (χ3n) is 4.72. The zero-order valence-corrected chi connectivity index (χ0v) is 19.4. The van der Waals surface area contributed by atoms with Crippen molar-refractivity contribution in [2.75, 3.05) is 18.5 Å². The maximum absolute atomic E-state index is 12.4. The molecule has 0 saturated carbocycles. The second-order valence-electron chi connectivity index (χ2n) is 8.27. The summed E-state index contributed by atoms with van der Waals surface area (Å²) >= 11 is 5.27. The molecule has 0 bridgehead atoms. The third kappa shape index (κ3) is 7.10. The molecule has 0 aliphatic heterocycles. The predicted molar refractivity (Wildman–Crippen MR) is 133 cm³/mol. The van der Waals surface area contributed by atoms with Gasteiger partial charge >= 0.3 is 0 Å². The largest absolute Gasteiger partial charge is 0.490 e. The molecule has 0 heterocycles. The van der Waals surface area contributed by atoms with Crippen molar-refractivity contribution >= 4 is 28.9 Å². The van der Waals surface area contributed by atoms with Crippen LogP contribution in [-0.2, 0) is 5.41 Å². The second kappa shape index (κ2) is 10.8. The Hall–Kier alpha value is -3.38. The maximum atomic E-state index is 12.4. The SMILES string of the molecule is CC(C)(C)c1ccc(C(=O)NC(=S)Nc2ccc(OCCOc3ccccc3)cc2)cc1. The lowest BCUT2D eigenvalue weighted by molar-refractivity contribution is 0.0977. The predicted octanol–water partition coefficient (Wildman–Crippen LogP) is 5.57. The second-order valence-corrected chi connectivity index (χ2v) is 8.68. The van der Waals surface area contributed by atoms with E-state index in [1.807, 2.05) is 78.9 Å². The molecule has 6 heteroatoms. The van der Waals surface area contributed by atoms with E-state index >= 15 is 0 Å². The number of carbonyl (C=O) groups is 1. The molecule has 1 amide bonds. The molecule has 0 atom stereocenters. The minimum absolute atomic E-state index is 0.0384. The summed E-state index contributed by atoms with van der Waals surface area (Å²) < 4.78 is 11.3. The first-order valence-corrected chi connectivity index (χ1v) is 10.9. The molecule has 0 fully saturated rings. The van der Waals surface area contributed by atoms with E-state index in [-0.39, 0.29) is 16.4 Å². The Labute approximate surface area is 194 Å². The van der Waals surface area contributed by atoms with Gasteiger partial charge in [-0.05, 0) is 71.7 Å². The Morgan fingerprint density at radius 1 is 0.812 bits per heavy atom. The minimum Gasteiger partial charge on any atom is -0.490 e. The van der Waals surface area contributed by atoms with Crippen LogP contribution < -0.4 is 20.1 Å². The molecule has 0 aliphatic carbocycles. The van der Waals surface area contributed by atoms with Gasteiger partial charge in [0.25, 0.3) is 5.91 Å². The first-order chi connectivity index (χ1) is 15.3. The van der Waals surface area contributed by atoms with Gasteiger partial charge in [-0.3, -0.25) is 10.1 Å². The highest BCUT2D eigenvalue weighted by Gasteiger charge is 2.14. The number of para-hydroxylation sites is 1. The van der Waals surface area contributed by atoms with Gasteiger partial charge in [-0.25, -0.2) is 0 Å². The van der Waals surface area contributed by atoms with Gasteiger partial charge < -0.3 is 14.8 Å². The van der Waals surface area contributed by atoms with E-state index in [0.29, 0.717) is 18.8 Å². The summed E-state index contributed by atoms with van der Waals surface area (Å²) in [6.45, 7) is 7.29. The van der Waals surface area contributed by atoms with E-state index in [9.17, 15) is 4.79 Å². The lowest BCUT2D eigenvalue weighted by Crippen LogP contribution is -2.34. The average Bonchev–Trinajstić information content (AvgIpc) is 2.78. The smallest absolute Gasteiger partial charge is 0.257 e. The molecule has 166 valence electrons. The third-order valence-corrected chi connectivity index (χ3v) is 4.92. The van der Waals surface area contributed by atoms with Gasteiger partial charge in [0, 0.05) is 11.3 Å². The standard InChI is InChI=1S/C26H28N2O3S/c1-26(2,3)20-11-9-19(10-12-20)24(29)28-25(32)27-21-13-15-23(16-14-21)31-18-17-30-22-7-5-4-6-8-22/h4-16H,17-18H2,1-3H3,(H2,27,28,29,32). The number of carbonyl (C=O) groups excluding carboxylic acids is 1. The molecule has 3 rings (SSSR count). The van der Waals surface area contributed by atoms with Crippen LogP contribution in [0.25, 0.3) is 0 Å². The van der Waals surface area contributed by atoms with Crippen LogP contribution in [0.2, 0.25) is 0 Å². The number of thiocarbonyl (C=S) groups is 1. The Kier molecular flexibility index (Phi) is 7.84. The van der Waals surface area contributed by atoms with Crippen molar-refractivity contribution in [1.82, 2.24) is 5.32 Å². The topological polar surface area (TPSA) is 59.6 Å². The highest BCUT2D eigenvalue weighted by molar-refractivity contribution is 7.80. The van der Waals surface area contributed by atoms with E-state index in [2.05, 4.69) is 31.4 Å². The van der Waals surface area contributed by atoms with Gasteiger partial charge in [0.2, 0.25) is 0 Å². The first kappa shape index (κ1) is 23.3. The molecule has 0 aliphatic rings. The Morgan fingerprint density at radius 3 is 1.94 bits per heavy atom. The van der Waals surface area contributed by atoms with E-state index in [4.69, 9.17) is 21.7 Å². The molecule has 5 nitrogen and oxygen atoms in total. The van der Waals surface area contributed by atoms with Crippen LogP contribution in [0.4, 0.5) is 5.69 Å². The van der Waals surface area contributed by atoms with Crippen LogP contribution in [-0.4, -0.2) is 24.2 Å². The van der Waals surface area contributed by atoms with Gasteiger partial charge in [0.05, 0.1) is 0 Å². The molecule has 0 spiro atoms. The quantitative estimate of drug-likeness (QED) is 0.366. The number of rotatable bonds is 7. The Bertz CT molecular complexity index is 1030. The van der Waals surface area contributed by atoms with E-state index < -0.39 is 0 Å². The van der Waals surface area contributed by atoms with Gasteiger partial charge in [-0.1, -0.05) is 51.1 Å². The summed E-state index contributed by atoms with van der Waals surface area (Å²) in [4.78, 5) is 12.4. The lowest BCUT2D eigenvalue weighted by atomic mass is 9.87. The lowest BCUT2D eigenvalue weighted by Gasteiger charge is -2.19. The molecule has 0 aromatic heterocycles. The normalized spacial score (nSPS) is 10.8. The molecule has 0 unspecified atom stereocenters. The molecule has 32 heavy (non-hydrogen) atoms. The number of ether oxygens (including phenoxy) is 2. The molecule has 0 saturated heterocycles. The molecular formula is C26H28N2O3S. The fraction of sp³-hybridized carbons (Fsp3) is 0.231. The zero-order valence-electron chi connectivity index (χ0n) is 18.6. The van der Waals surface area contributed by atoms with Crippen LogP contribution in [0, 0.1) is 0 Å². The fourth-order valence-electron chi connectivity index (χ4n) is 2.93. The van der Waals surface area contributed by atoms with Gasteiger partial charge in [0.15, 0.2) is 5.11 Å². The van der Waals surface area contributed by atoms with Gasteiger partial charge in [-0.15, -0.1) is 0 Å². The van der Waals surface area contributed by atoms with Crippen molar-refractivity contribution in [3.05, 3.63) is 90.0 Å². The number of nitrogens with one attached hydrogen (secondary N) is 2. The minimum atomic E-state index is -0.249. The highest BCUT2D eigenvalue weighted by Crippen LogP contribution is 2.22. The molecule has 2 N–H and O–H groups in total. The summed E-state index contributed by atoms with van der Waals surface area (Å²) in [6, 6.07) is 24.5. The molecule has 0 radical (unpaired) electrons. The van der Waals surface area contributed by atoms with Crippen molar-refractivity contribution in [2.24, 2.45) is 0 Å². The number of hydrogen-bond acceptors (Lipinski definition) is 4. The Morgan fingerprint density at radius 2 is 1.38 bits per heavy atom. The number of amides is 1. The first-order valence-electron chi connectivity index (χ1n) is 10.4. The highest BCUT2D eigenvalue weighted by atomic mass is 32.1. The number of benzene rings is 3. The van der Waals surface area contributed by atoms with Crippen molar-refractivity contribution in [3.8, 4) is 11.5 Å². The van der Waals surface area contributed by atoms with E-state index in [0.717, 1.165) is 17.2 Å². The molecular weight excluding hydrogens is 420 g/mol. The number of hydrogen-bond donors (Lipinski definition) is 2. The summed E-state index contributed by atoms with van der Waals surface area (Å²) in [5.74, 6) is 1.29. The maximum Gasteiger partial charge on any atom is 0.257 e. The number of anilines is 1. The summed E-state index contributed by atoms with van der Waals surface area (Å²) in [5, 5.41) is 5.96. The van der Waals surface area contributed by atoms with E-state index in [1.54, 1.807) is 0 Å². The van der Waals surface area contributed by atoms with Gasteiger partial charge in [0.1, 0.15) is 24.7 Å². The van der Waals surface area contributed by atoms with Gasteiger partial charge in [-0.2, -0.15) is 0 Å². The van der Waals surface area contributed by atoms with Crippen LogP contribution in [0.3, 0.4) is 0 Å². The van der Waals surface area contributed by atoms with E-state index in [1.165, 1.54) is 5.56 Å². The molecule has 3 aromatic rings. The van der Waals surface area contributed by atoms with Crippen molar-refractivity contribution in [2.45, 2.75) is 26.2 Å². The average molecular weight is 449 g/mol. The fourth-order valence-corrected chi connectivity index (χ4v) is 3.14. The zero-order chi connectivity index (χ0) is 23.0. The van der Waals surface area contributed by atoms with Crippen LogP contribution in [0.1, 0.15) is 36.7 Å². The summed E-state index contributed by atoms with van der Waals surface area (Å²) in [6.07, 6.45) is 0. The molecule has 3 aromatic carbocycles. The van der Waals surface area contributed by atoms with Crippen LogP contribution >= 0.6 is 12.2 Å². The van der Waals surface area contributed by atoms with Crippen molar-refractivity contribution in [1.29, 1.82) is 0 Å². The van der Waals surface area contributed by atoms with Crippen LogP contribution in [0.15, 0.2) is 78.9 Å². The van der Waals surface area contributed by atoms with Crippen molar-refractivity contribution < 1.29 is 14.3 Å². The summed E-state index contributed by atoms with van der Waals surface area (Å²) in [5.41, 5.74) is 2.52.